The first-order valence-electron chi connectivity index (χ1n) is 6.45. The fourth-order valence-corrected chi connectivity index (χ4v) is 2.45. The van der Waals surface area contributed by atoms with E-state index in [1.54, 1.807) is 18.3 Å². The molecule has 2 aromatic rings. The molecule has 0 saturated carbocycles. The van der Waals surface area contributed by atoms with E-state index in [0.29, 0.717) is 30.0 Å². The van der Waals surface area contributed by atoms with Crippen molar-refractivity contribution in [2.45, 2.75) is 26.2 Å². The van der Waals surface area contributed by atoms with Crippen LogP contribution >= 0.6 is 11.3 Å². The summed E-state index contributed by atoms with van der Waals surface area (Å²) < 4.78 is 0. The maximum atomic E-state index is 11.8. The van der Waals surface area contributed by atoms with E-state index < -0.39 is 0 Å². The minimum atomic E-state index is -0.0970. The minimum absolute atomic E-state index is 0.0727. The first kappa shape index (κ1) is 14.4. The van der Waals surface area contributed by atoms with Gasteiger partial charge in [-0.1, -0.05) is 30.3 Å². The number of rotatable bonds is 6. The first-order chi connectivity index (χ1) is 9.65. The fourth-order valence-electron chi connectivity index (χ4n) is 1.77. The maximum Gasteiger partial charge on any atom is 0.226 e. The number of amides is 1. The van der Waals surface area contributed by atoms with Gasteiger partial charge in [-0.15, -0.1) is 11.3 Å². The predicted molar refractivity (Wildman–Crippen MR) is 80.1 cm³/mol. The molecule has 5 heteroatoms. The van der Waals surface area contributed by atoms with Gasteiger partial charge >= 0.3 is 0 Å². The van der Waals surface area contributed by atoms with Crippen LogP contribution in [0.2, 0.25) is 0 Å². The fraction of sp³-hybridized carbons (Fsp3) is 0.267. The van der Waals surface area contributed by atoms with Crippen molar-refractivity contribution in [2.24, 2.45) is 0 Å². The number of carbonyl (C=O) groups is 2. The quantitative estimate of drug-likeness (QED) is 0.828. The Balaban J connectivity index is 1.73. The van der Waals surface area contributed by atoms with Crippen LogP contribution in [0.1, 0.15) is 34.5 Å². The molecule has 0 aliphatic carbocycles. The Labute approximate surface area is 121 Å². The molecule has 4 nitrogen and oxygen atoms in total. The van der Waals surface area contributed by atoms with Crippen molar-refractivity contribution < 1.29 is 9.59 Å². The number of ketones is 1. The monoisotopic (exact) mass is 288 g/mol. The summed E-state index contributed by atoms with van der Waals surface area (Å²) in [6, 6.07) is 9.14. The van der Waals surface area contributed by atoms with Gasteiger partial charge in [0.1, 0.15) is 0 Å². The molecule has 0 aliphatic heterocycles. The van der Waals surface area contributed by atoms with Crippen LogP contribution in [0, 0.1) is 6.92 Å². The number of aryl methyl sites for hydroxylation is 1. The largest absolute Gasteiger partial charge is 0.302 e. The van der Waals surface area contributed by atoms with Crippen molar-refractivity contribution in [3.8, 4) is 0 Å². The van der Waals surface area contributed by atoms with Crippen LogP contribution < -0.4 is 5.32 Å². The molecule has 2 rings (SSSR count). The first-order valence-corrected chi connectivity index (χ1v) is 7.27. The zero-order chi connectivity index (χ0) is 14.4. The molecule has 0 fully saturated rings. The number of nitrogens with zero attached hydrogens (tertiary/aromatic N) is 1. The number of carbonyl (C=O) groups excluding carboxylic acids is 2. The summed E-state index contributed by atoms with van der Waals surface area (Å²) in [5.74, 6) is -0.0243. The van der Waals surface area contributed by atoms with Crippen LogP contribution in [0.4, 0.5) is 5.13 Å². The predicted octanol–water partition coefficient (Wildman–Crippen LogP) is 3.44. The molecule has 0 saturated heterocycles. The van der Waals surface area contributed by atoms with Gasteiger partial charge < -0.3 is 5.32 Å². The molecule has 0 atom stereocenters. The standard InChI is InChI=1S/C15H16N2O2S/c1-11-10-16-15(20-11)17-14(19)9-5-8-13(18)12-6-3-2-4-7-12/h2-4,6-7,10H,5,8-9H2,1H3,(H,16,17,19). The van der Waals surface area contributed by atoms with Gasteiger partial charge in [0.25, 0.3) is 0 Å². The van der Waals surface area contributed by atoms with E-state index in [4.69, 9.17) is 0 Å². The van der Waals surface area contributed by atoms with Gasteiger partial charge in [0.15, 0.2) is 10.9 Å². The topological polar surface area (TPSA) is 59.1 Å². The Morgan fingerprint density at radius 3 is 2.60 bits per heavy atom. The lowest BCUT2D eigenvalue weighted by Crippen LogP contribution is -2.11. The Morgan fingerprint density at radius 2 is 1.95 bits per heavy atom. The van der Waals surface area contributed by atoms with E-state index in [9.17, 15) is 9.59 Å². The van der Waals surface area contributed by atoms with Gasteiger partial charge in [0, 0.05) is 29.5 Å². The number of thiazole rings is 1. The smallest absolute Gasteiger partial charge is 0.226 e. The van der Waals surface area contributed by atoms with Crippen molar-refractivity contribution >= 4 is 28.2 Å². The lowest BCUT2D eigenvalue weighted by molar-refractivity contribution is -0.116. The summed E-state index contributed by atoms with van der Waals surface area (Å²) in [6.07, 6.45) is 2.98. The summed E-state index contributed by atoms with van der Waals surface area (Å²) in [7, 11) is 0. The van der Waals surface area contributed by atoms with Crippen molar-refractivity contribution in [2.75, 3.05) is 5.32 Å². The van der Waals surface area contributed by atoms with Crippen molar-refractivity contribution in [3.05, 3.63) is 47.0 Å². The number of hydrogen-bond acceptors (Lipinski definition) is 4. The second-order valence-electron chi connectivity index (χ2n) is 4.47. The van der Waals surface area contributed by atoms with Crippen molar-refractivity contribution in [1.29, 1.82) is 0 Å². The Hall–Kier alpha value is -2.01. The van der Waals surface area contributed by atoms with Gasteiger partial charge in [-0.25, -0.2) is 4.98 Å². The third-order valence-corrected chi connectivity index (χ3v) is 3.60. The molecule has 1 N–H and O–H groups in total. The molecule has 1 amide bonds. The molecule has 0 aliphatic rings. The lowest BCUT2D eigenvalue weighted by atomic mass is 10.1. The highest BCUT2D eigenvalue weighted by molar-refractivity contribution is 7.15. The molecule has 0 unspecified atom stereocenters. The van der Waals surface area contributed by atoms with Gasteiger partial charge in [-0.05, 0) is 13.3 Å². The van der Waals surface area contributed by atoms with Gasteiger partial charge in [0.2, 0.25) is 5.91 Å². The third kappa shape index (κ3) is 4.28. The van der Waals surface area contributed by atoms with Crippen LogP contribution in [-0.2, 0) is 4.79 Å². The molecule has 104 valence electrons. The van der Waals surface area contributed by atoms with Crippen LogP contribution in [0.5, 0.6) is 0 Å². The zero-order valence-corrected chi connectivity index (χ0v) is 12.1. The summed E-state index contributed by atoms with van der Waals surface area (Å²) in [4.78, 5) is 28.7. The number of aromatic nitrogens is 1. The number of Topliss-reactive ketones (excluding diaryl/α,β-unsaturated/α-hetero) is 1. The average molecular weight is 288 g/mol. The number of hydrogen-bond donors (Lipinski definition) is 1. The molecule has 1 aromatic heterocycles. The molecule has 1 heterocycles. The second kappa shape index (κ2) is 6.96. The SMILES string of the molecule is Cc1cnc(NC(=O)CCCC(=O)c2ccccc2)s1. The summed E-state index contributed by atoms with van der Waals surface area (Å²) in [5.41, 5.74) is 0.698. The van der Waals surface area contributed by atoms with Crippen LogP contribution in [0.25, 0.3) is 0 Å². The highest BCUT2D eigenvalue weighted by atomic mass is 32.1. The normalized spacial score (nSPS) is 10.2. The molecule has 1 aromatic carbocycles. The highest BCUT2D eigenvalue weighted by Gasteiger charge is 2.08. The molecule has 0 radical (unpaired) electrons. The highest BCUT2D eigenvalue weighted by Crippen LogP contribution is 2.17. The molecular formula is C15H16N2O2S. The summed E-state index contributed by atoms with van der Waals surface area (Å²) in [6.45, 7) is 1.94. The average Bonchev–Trinajstić information content (AvgIpc) is 2.85. The van der Waals surface area contributed by atoms with Gasteiger partial charge in [-0.3, -0.25) is 9.59 Å². The third-order valence-electron chi connectivity index (χ3n) is 2.77. The molecule has 0 spiro atoms. The van der Waals surface area contributed by atoms with E-state index in [0.717, 1.165) is 4.88 Å². The molecule has 20 heavy (non-hydrogen) atoms. The van der Waals surface area contributed by atoms with E-state index in [-0.39, 0.29) is 11.7 Å². The lowest BCUT2D eigenvalue weighted by Gasteiger charge is -2.02. The molecular weight excluding hydrogens is 272 g/mol. The summed E-state index contributed by atoms with van der Waals surface area (Å²) >= 11 is 1.44. The number of anilines is 1. The van der Waals surface area contributed by atoms with E-state index in [1.807, 2.05) is 25.1 Å². The van der Waals surface area contributed by atoms with Gasteiger partial charge in [-0.2, -0.15) is 0 Å². The van der Waals surface area contributed by atoms with Crippen LogP contribution in [0.3, 0.4) is 0 Å². The van der Waals surface area contributed by atoms with E-state index in [2.05, 4.69) is 10.3 Å². The van der Waals surface area contributed by atoms with E-state index >= 15 is 0 Å². The second-order valence-corrected chi connectivity index (χ2v) is 5.70. The Bertz CT molecular complexity index is 593. The summed E-state index contributed by atoms with van der Waals surface area (Å²) in [5, 5.41) is 3.35. The zero-order valence-electron chi connectivity index (χ0n) is 11.3. The van der Waals surface area contributed by atoms with E-state index in [1.165, 1.54) is 11.3 Å². The van der Waals surface area contributed by atoms with Crippen LogP contribution in [-0.4, -0.2) is 16.7 Å². The Kier molecular flexibility index (Phi) is 5.01. The van der Waals surface area contributed by atoms with Crippen LogP contribution in [0.15, 0.2) is 36.5 Å². The van der Waals surface area contributed by atoms with Crippen molar-refractivity contribution in [1.82, 2.24) is 4.98 Å². The Morgan fingerprint density at radius 1 is 1.20 bits per heavy atom. The minimum Gasteiger partial charge on any atom is -0.302 e. The maximum absolute atomic E-state index is 11.8. The molecule has 0 bridgehead atoms. The van der Waals surface area contributed by atoms with Gasteiger partial charge in [0.05, 0.1) is 0 Å². The van der Waals surface area contributed by atoms with Crippen molar-refractivity contribution in [3.63, 3.8) is 0 Å². The number of nitrogens with one attached hydrogen (secondary N) is 1. The number of benzene rings is 1.